The first kappa shape index (κ1) is 21.5. The molecule has 0 aromatic rings. The fourth-order valence-corrected chi connectivity index (χ4v) is 4.09. The molecule has 2 saturated carbocycles. The monoisotopic (exact) mass is 350 g/mol. The van der Waals surface area contributed by atoms with Gasteiger partial charge in [-0.3, -0.25) is 0 Å². The van der Waals surface area contributed by atoms with Crippen LogP contribution in [0, 0.1) is 35.0 Å². The van der Waals surface area contributed by atoms with Crippen molar-refractivity contribution >= 4 is 6.29 Å². The SMILES string of the molecule is CC(C)C(C)(C=O)C(F)(F)F.CC1CC2CC(C)C(C)(O)C(C1)C2. The number of aldehydes is 1. The number of alkyl halides is 3. The standard InChI is InChI=1S/C12H22O.C7H11F3O/c1-8-4-10-6-9(2)12(3,13)11(5-8)7-10;1-5(2)6(3,4-11)7(8,9)10/h8-11,13H,4-7H2,1-3H3;4-5H,1-3H3. The van der Waals surface area contributed by atoms with Gasteiger partial charge in [-0.2, -0.15) is 13.2 Å². The van der Waals surface area contributed by atoms with Crippen LogP contribution < -0.4 is 0 Å². The Bertz CT molecular complexity index is 427. The van der Waals surface area contributed by atoms with Gasteiger partial charge in [-0.1, -0.05) is 27.7 Å². The molecular formula is C19H33F3O2. The summed E-state index contributed by atoms with van der Waals surface area (Å²) < 4.78 is 36.4. The van der Waals surface area contributed by atoms with Gasteiger partial charge in [0.25, 0.3) is 0 Å². The molecule has 0 radical (unpaired) electrons. The average Bonchev–Trinajstić information content (AvgIpc) is 2.43. The van der Waals surface area contributed by atoms with Crippen molar-refractivity contribution in [2.24, 2.45) is 35.0 Å². The minimum Gasteiger partial charge on any atom is -0.390 e. The van der Waals surface area contributed by atoms with Gasteiger partial charge in [0.1, 0.15) is 11.7 Å². The largest absolute Gasteiger partial charge is 0.400 e. The molecule has 5 heteroatoms. The van der Waals surface area contributed by atoms with Gasteiger partial charge in [-0.15, -0.1) is 0 Å². The van der Waals surface area contributed by atoms with E-state index in [1.165, 1.54) is 39.5 Å². The van der Waals surface area contributed by atoms with Crippen molar-refractivity contribution in [3.63, 3.8) is 0 Å². The van der Waals surface area contributed by atoms with E-state index in [4.69, 9.17) is 0 Å². The van der Waals surface area contributed by atoms with Crippen molar-refractivity contribution < 1.29 is 23.1 Å². The summed E-state index contributed by atoms with van der Waals surface area (Å²) in [6.45, 7) is 10.3. The predicted octanol–water partition coefficient (Wildman–Crippen LogP) is 5.24. The van der Waals surface area contributed by atoms with Crippen LogP contribution in [0.2, 0.25) is 0 Å². The van der Waals surface area contributed by atoms with Crippen molar-refractivity contribution in [3.8, 4) is 0 Å². The Balaban J connectivity index is 0.000000245. The molecule has 2 fully saturated rings. The first-order valence-electron chi connectivity index (χ1n) is 9.01. The Morgan fingerprint density at radius 3 is 2.04 bits per heavy atom. The van der Waals surface area contributed by atoms with Gasteiger partial charge in [-0.25, -0.2) is 0 Å². The molecule has 2 aliphatic rings. The van der Waals surface area contributed by atoms with Gasteiger partial charge in [0.15, 0.2) is 0 Å². The molecule has 0 aliphatic heterocycles. The van der Waals surface area contributed by atoms with E-state index in [2.05, 4.69) is 20.8 Å². The Kier molecular flexibility index (Phi) is 6.57. The fourth-order valence-electron chi connectivity index (χ4n) is 4.09. The second-order valence-electron chi connectivity index (χ2n) is 8.79. The lowest BCUT2D eigenvalue weighted by Gasteiger charge is -2.50. The van der Waals surface area contributed by atoms with Crippen molar-refractivity contribution in [2.75, 3.05) is 0 Å². The Hall–Kier alpha value is -0.580. The molecule has 6 atom stereocenters. The maximum absolute atomic E-state index is 12.1. The smallest absolute Gasteiger partial charge is 0.390 e. The molecule has 2 aliphatic carbocycles. The molecule has 0 saturated heterocycles. The van der Waals surface area contributed by atoms with Crippen molar-refractivity contribution in [3.05, 3.63) is 0 Å². The first-order chi connectivity index (χ1) is 10.8. The summed E-state index contributed by atoms with van der Waals surface area (Å²) in [5, 5.41) is 10.4. The van der Waals surface area contributed by atoms with Crippen LogP contribution in [0.3, 0.4) is 0 Å². The molecule has 2 bridgehead atoms. The molecular weight excluding hydrogens is 317 g/mol. The number of hydrogen-bond acceptors (Lipinski definition) is 2. The first-order valence-corrected chi connectivity index (χ1v) is 9.01. The quantitative estimate of drug-likeness (QED) is 0.692. The highest BCUT2D eigenvalue weighted by Crippen LogP contribution is 2.49. The molecule has 0 aromatic heterocycles. The summed E-state index contributed by atoms with van der Waals surface area (Å²) in [4.78, 5) is 10.2. The van der Waals surface area contributed by atoms with Gasteiger partial charge < -0.3 is 9.90 Å². The third-order valence-corrected chi connectivity index (χ3v) is 6.61. The van der Waals surface area contributed by atoms with E-state index in [9.17, 15) is 23.1 Å². The Morgan fingerprint density at radius 1 is 1.12 bits per heavy atom. The van der Waals surface area contributed by atoms with E-state index in [0.717, 1.165) is 18.8 Å². The van der Waals surface area contributed by atoms with Gasteiger partial charge in [-0.05, 0) is 69.1 Å². The van der Waals surface area contributed by atoms with Crippen molar-refractivity contribution in [2.45, 2.75) is 79.0 Å². The summed E-state index contributed by atoms with van der Waals surface area (Å²) >= 11 is 0. The van der Waals surface area contributed by atoms with Crippen LogP contribution in [0.4, 0.5) is 13.2 Å². The van der Waals surface area contributed by atoms with Crippen LogP contribution in [0.15, 0.2) is 0 Å². The third kappa shape index (κ3) is 4.33. The van der Waals surface area contributed by atoms with Gasteiger partial charge in [0.2, 0.25) is 0 Å². The van der Waals surface area contributed by atoms with E-state index in [1.54, 1.807) is 0 Å². The molecule has 24 heavy (non-hydrogen) atoms. The van der Waals surface area contributed by atoms with Gasteiger partial charge in [0, 0.05) is 0 Å². The minimum atomic E-state index is -4.44. The highest BCUT2D eigenvalue weighted by Gasteiger charge is 2.53. The number of fused-ring (bicyclic) bond motifs is 2. The van der Waals surface area contributed by atoms with Crippen molar-refractivity contribution in [1.82, 2.24) is 0 Å². The van der Waals surface area contributed by atoms with Crippen molar-refractivity contribution in [1.29, 1.82) is 0 Å². The molecule has 2 rings (SSSR count). The van der Waals surface area contributed by atoms with Crippen LogP contribution >= 0.6 is 0 Å². The molecule has 0 heterocycles. The maximum Gasteiger partial charge on any atom is 0.400 e. The number of carbonyl (C=O) groups excluding carboxylic acids is 1. The topological polar surface area (TPSA) is 37.3 Å². The Labute approximate surface area is 144 Å². The molecule has 0 amide bonds. The minimum absolute atomic E-state index is 0.0301. The second-order valence-corrected chi connectivity index (χ2v) is 8.79. The summed E-state index contributed by atoms with van der Waals surface area (Å²) in [6, 6.07) is 0. The lowest BCUT2D eigenvalue weighted by molar-refractivity contribution is -0.220. The number of halogens is 3. The van der Waals surface area contributed by atoms with E-state index in [0.29, 0.717) is 11.8 Å². The number of hydrogen-bond donors (Lipinski definition) is 1. The second kappa shape index (κ2) is 7.35. The highest BCUT2D eigenvalue weighted by molar-refractivity contribution is 5.60. The van der Waals surface area contributed by atoms with E-state index in [-0.39, 0.29) is 11.9 Å². The lowest BCUT2D eigenvalue weighted by atomic mass is 9.58. The zero-order chi connectivity index (χ0) is 18.9. The molecule has 1 N–H and O–H groups in total. The highest BCUT2D eigenvalue weighted by atomic mass is 19.4. The maximum atomic E-state index is 12.1. The van der Waals surface area contributed by atoms with Gasteiger partial charge >= 0.3 is 6.18 Å². The zero-order valence-electron chi connectivity index (χ0n) is 15.8. The van der Waals surface area contributed by atoms with Crippen LogP contribution in [0.1, 0.15) is 67.2 Å². The molecule has 2 nitrogen and oxygen atoms in total. The molecule has 6 unspecified atom stereocenters. The van der Waals surface area contributed by atoms with Crippen LogP contribution in [-0.4, -0.2) is 23.2 Å². The van der Waals surface area contributed by atoms with Crippen LogP contribution in [0.5, 0.6) is 0 Å². The molecule has 0 spiro atoms. The van der Waals surface area contributed by atoms with E-state index in [1.807, 2.05) is 0 Å². The van der Waals surface area contributed by atoms with Crippen LogP contribution in [-0.2, 0) is 4.79 Å². The number of aliphatic hydroxyl groups is 1. The molecule has 0 aromatic carbocycles. The number of carbonyl (C=O) groups is 1. The van der Waals surface area contributed by atoms with E-state index < -0.39 is 17.5 Å². The lowest BCUT2D eigenvalue weighted by Crippen LogP contribution is -2.49. The normalized spacial score (nSPS) is 38.8. The van der Waals surface area contributed by atoms with Crippen LogP contribution in [0.25, 0.3) is 0 Å². The summed E-state index contributed by atoms with van der Waals surface area (Å²) in [7, 11) is 0. The fraction of sp³-hybridized carbons (Fsp3) is 0.947. The predicted molar refractivity (Wildman–Crippen MR) is 89.5 cm³/mol. The number of rotatable bonds is 2. The average molecular weight is 350 g/mol. The zero-order valence-corrected chi connectivity index (χ0v) is 15.8. The summed E-state index contributed by atoms with van der Waals surface area (Å²) in [5.41, 5.74) is -2.59. The summed E-state index contributed by atoms with van der Waals surface area (Å²) in [6.07, 6.45) is 0.695. The summed E-state index contributed by atoms with van der Waals surface area (Å²) in [5.74, 6) is 2.10. The molecule has 142 valence electrons. The third-order valence-electron chi connectivity index (χ3n) is 6.61. The Morgan fingerprint density at radius 2 is 1.67 bits per heavy atom. The van der Waals surface area contributed by atoms with E-state index >= 15 is 0 Å². The van der Waals surface area contributed by atoms with Gasteiger partial charge in [0.05, 0.1) is 5.60 Å².